The quantitative estimate of drug-likeness (QED) is 0.697. The minimum absolute atomic E-state index is 0.0722. The van der Waals surface area contributed by atoms with Crippen molar-refractivity contribution >= 4 is 40.3 Å². The van der Waals surface area contributed by atoms with E-state index in [2.05, 4.69) is 38.4 Å². The van der Waals surface area contributed by atoms with Crippen molar-refractivity contribution in [2.24, 2.45) is 0 Å². The number of anilines is 1. The topological polar surface area (TPSA) is 61.4 Å². The minimum atomic E-state index is -0.507. The average molecular weight is 398 g/mol. The number of amides is 3. The van der Waals surface area contributed by atoms with Gasteiger partial charge in [-0.15, -0.1) is 22.7 Å². The van der Waals surface area contributed by atoms with E-state index in [9.17, 15) is 9.59 Å². The van der Waals surface area contributed by atoms with Gasteiger partial charge in [-0.05, 0) is 47.0 Å². The van der Waals surface area contributed by atoms with E-state index >= 15 is 0 Å². The lowest BCUT2D eigenvalue weighted by Gasteiger charge is -2.34. The van der Waals surface area contributed by atoms with Crippen LogP contribution < -0.4 is 10.6 Å². The van der Waals surface area contributed by atoms with Gasteiger partial charge in [0.2, 0.25) is 5.91 Å². The molecule has 3 amide bonds. The Balaban J connectivity index is 1.43. The minimum Gasteiger partial charge on any atom is -0.308 e. The van der Waals surface area contributed by atoms with Crippen LogP contribution in [0.25, 0.3) is 0 Å². The number of nitrogens with one attached hydrogen (secondary N) is 2. The number of benzene rings is 1. The van der Waals surface area contributed by atoms with Gasteiger partial charge in [-0.3, -0.25) is 15.0 Å². The van der Waals surface area contributed by atoms with Crippen LogP contribution in [0.2, 0.25) is 0 Å². The Morgan fingerprint density at radius 3 is 2.67 bits per heavy atom. The first-order valence-corrected chi connectivity index (χ1v) is 10.5. The van der Waals surface area contributed by atoms with Crippen LogP contribution in [0, 0.1) is 0 Å². The molecule has 1 atom stereocenters. The molecule has 1 unspecified atom stereocenters. The Morgan fingerprint density at radius 1 is 1.04 bits per heavy atom. The lowest BCUT2D eigenvalue weighted by atomic mass is 9.98. The maximum atomic E-state index is 12.5. The molecule has 138 valence electrons. The molecule has 27 heavy (non-hydrogen) atoms. The molecular weight excluding hydrogens is 378 g/mol. The van der Waals surface area contributed by atoms with Crippen LogP contribution in [0.15, 0.2) is 59.3 Å². The second-order valence-corrected chi connectivity index (χ2v) is 8.29. The van der Waals surface area contributed by atoms with E-state index in [0.29, 0.717) is 5.69 Å². The normalized spacial score (nSPS) is 16.5. The van der Waals surface area contributed by atoms with Crippen molar-refractivity contribution in [1.82, 2.24) is 10.2 Å². The van der Waals surface area contributed by atoms with Gasteiger partial charge in [-0.2, -0.15) is 0 Å². The first-order valence-electron chi connectivity index (χ1n) is 8.70. The maximum Gasteiger partial charge on any atom is 0.325 e. The van der Waals surface area contributed by atoms with E-state index in [0.717, 1.165) is 13.0 Å². The zero-order valence-electron chi connectivity index (χ0n) is 14.6. The van der Waals surface area contributed by atoms with E-state index in [1.807, 2.05) is 24.3 Å². The number of hydrogen-bond donors (Lipinski definition) is 2. The summed E-state index contributed by atoms with van der Waals surface area (Å²) in [6.07, 6.45) is 0.929. The zero-order valence-corrected chi connectivity index (χ0v) is 16.2. The maximum absolute atomic E-state index is 12.5. The van der Waals surface area contributed by atoms with Crippen molar-refractivity contribution in [3.05, 3.63) is 74.6 Å². The highest BCUT2D eigenvalue weighted by Gasteiger charge is 2.31. The van der Waals surface area contributed by atoms with Crippen LogP contribution in [0.3, 0.4) is 0 Å². The summed E-state index contributed by atoms with van der Waals surface area (Å²) >= 11 is 3.47. The molecule has 2 aromatic heterocycles. The molecule has 0 radical (unpaired) electrons. The Hall–Kier alpha value is -2.48. The molecule has 2 N–H and O–H groups in total. The van der Waals surface area contributed by atoms with Crippen molar-refractivity contribution in [3.8, 4) is 0 Å². The average Bonchev–Trinajstić information content (AvgIpc) is 3.34. The monoisotopic (exact) mass is 397 g/mol. The number of hydrogen-bond acceptors (Lipinski definition) is 5. The second-order valence-electron chi connectivity index (χ2n) is 6.31. The van der Waals surface area contributed by atoms with Gasteiger partial charge >= 0.3 is 6.03 Å². The number of carbonyl (C=O) groups excluding carboxylic acids is 2. The summed E-state index contributed by atoms with van der Waals surface area (Å²) in [4.78, 5) is 29.3. The standard InChI is InChI=1S/C20H19N3O2S2/c24-18(22-20(25)21-14-5-2-1-3-6-14)13-23-10-8-16-15(9-12-27-16)19(23)17-7-4-11-26-17/h1-7,9,11-12,19H,8,10,13H2,(H2,21,22,24,25). The number of fused-ring (bicyclic) bond motifs is 1. The van der Waals surface area contributed by atoms with Gasteiger partial charge < -0.3 is 5.32 Å². The van der Waals surface area contributed by atoms with Crippen molar-refractivity contribution in [2.75, 3.05) is 18.4 Å². The summed E-state index contributed by atoms with van der Waals surface area (Å²) in [6.45, 7) is 0.976. The largest absolute Gasteiger partial charge is 0.325 e. The van der Waals surface area contributed by atoms with Crippen LogP contribution in [-0.2, 0) is 11.2 Å². The lowest BCUT2D eigenvalue weighted by molar-refractivity contribution is -0.121. The van der Waals surface area contributed by atoms with Gasteiger partial charge in [0, 0.05) is 22.0 Å². The fourth-order valence-corrected chi connectivity index (χ4v) is 5.13. The van der Waals surface area contributed by atoms with E-state index < -0.39 is 6.03 Å². The van der Waals surface area contributed by atoms with Gasteiger partial charge in [-0.1, -0.05) is 24.3 Å². The third-order valence-corrected chi connectivity index (χ3v) is 6.43. The van der Waals surface area contributed by atoms with Gasteiger partial charge in [0.15, 0.2) is 0 Å². The number of para-hydroxylation sites is 1. The molecule has 3 aromatic rings. The predicted molar refractivity (Wildman–Crippen MR) is 109 cm³/mol. The van der Waals surface area contributed by atoms with Crippen molar-refractivity contribution in [1.29, 1.82) is 0 Å². The highest BCUT2D eigenvalue weighted by atomic mass is 32.1. The van der Waals surface area contributed by atoms with Gasteiger partial charge in [0.05, 0.1) is 12.6 Å². The van der Waals surface area contributed by atoms with E-state index in [-0.39, 0.29) is 18.5 Å². The molecule has 7 heteroatoms. The lowest BCUT2D eigenvalue weighted by Crippen LogP contribution is -2.45. The van der Waals surface area contributed by atoms with Crippen molar-refractivity contribution < 1.29 is 9.59 Å². The predicted octanol–water partition coefficient (Wildman–Crippen LogP) is 4.11. The SMILES string of the molecule is O=C(CN1CCc2sccc2C1c1cccs1)NC(=O)Nc1ccccc1. The molecule has 0 aliphatic carbocycles. The molecule has 5 nitrogen and oxygen atoms in total. The fourth-order valence-electron chi connectivity index (χ4n) is 3.35. The molecule has 0 fully saturated rings. The Labute approximate surface area is 165 Å². The van der Waals surface area contributed by atoms with Gasteiger partial charge in [0.1, 0.15) is 0 Å². The summed E-state index contributed by atoms with van der Waals surface area (Å²) in [5.74, 6) is -0.302. The molecule has 1 aliphatic heterocycles. The number of carbonyl (C=O) groups is 2. The fraction of sp³-hybridized carbons (Fsp3) is 0.200. The van der Waals surface area contributed by atoms with Gasteiger partial charge in [0.25, 0.3) is 0 Å². The summed E-state index contributed by atoms with van der Waals surface area (Å²) < 4.78 is 0. The van der Waals surface area contributed by atoms with Crippen molar-refractivity contribution in [2.45, 2.75) is 12.5 Å². The van der Waals surface area contributed by atoms with Crippen LogP contribution in [0.4, 0.5) is 10.5 Å². The van der Waals surface area contributed by atoms with E-state index in [1.54, 1.807) is 34.8 Å². The summed E-state index contributed by atoms with van der Waals surface area (Å²) in [5, 5.41) is 9.28. The van der Waals surface area contributed by atoms with Crippen molar-refractivity contribution in [3.63, 3.8) is 0 Å². The molecular formula is C20H19N3O2S2. The van der Waals surface area contributed by atoms with Gasteiger partial charge in [-0.25, -0.2) is 4.79 Å². The number of thiophene rings is 2. The molecule has 1 aliphatic rings. The molecule has 4 rings (SSSR count). The highest BCUT2D eigenvalue weighted by Crippen LogP contribution is 2.39. The smallest absolute Gasteiger partial charge is 0.308 e. The molecule has 0 saturated carbocycles. The second kappa shape index (κ2) is 8.04. The Bertz CT molecular complexity index is 922. The summed E-state index contributed by atoms with van der Waals surface area (Å²) in [7, 11) is 0. The number of urea groups is 1. The molecule has 1 aromatic carbocycles. The van der Waals surface area contributed by atoms with Crippen LogP contribution >= 0.6 is 22.7 Å². The first-order chi connectivity index (χ1) is 13.2. The third kappa shape index (κ3) is 4.10. The van der Waals surface area contributed by atoms with Crippen LogP contribution in [0.1, 0.15) is 21.4 Å². The van der Waals surface area contributed by atoms with E-state index in [4.69, 9.17) is 0 Å². The molecule has 0 bridgehead atoms. The zero-order chi connectivity index (χ0) is 18.6. The molecule has 3 heterocycles. The molecule has 0 spiro atoms. The molecule has 0 saturated heterocycles. The number of imide groups is 1. The summed E-state index contributed by atoms with van der Waals surface area (Å²) in [6, 6.07) is 14.9. The highest BCUT2D eigenvalue weighted by molar-refractivity contribution is 7.10. The third-order valence-electron chi connectivity index (χ3n) is 4.51. The number of nitrogens with zero attached hydrogens (tertiary/aromatic N) is 1. The van der Waals surface area contributed by atoms with Crippen LogP contribution in [-0.4, -0.2) is 29.9 Å². The van der Waals surface area contributed by atoms with E-state index in [1.165, 1.54) is 15.3 Å². The Kier molecular flexibility index (Phi) is 5.33. The first kappa shape index (κ1) is 17.9. The number of rotatable bonds is 4. The summed E-state index contributed by atoms with van der Waals surface area (Å²) in [5.41, 5.74) is 1.93. The Morgan fingerprint density at radius 2 is 1.89 bits per heavy atom. The van der Waals surface area contributed by atoms with Crippen LogP contribution in [0.5, 0.6) is 0 Å².